The monoisotopic (exact) mass is 305 g/mol. The Bertz CT molecular complexity index is 447. The Balaban J connectivity index is 3.06. The van der Waals surface area contributed by atoms with Crippen LogP contribution in [-0.2, 0) is 4.79 Å². The summed E-state index contributed by atoms with van der Waals surface area (Å²) < 4.78 is 0. The van der Waals surface area contributed by atoms with Gasteiger partial charge in [-0.1, -0.05) is 45.9 Å². The molecule has 0 aliphatic rings. The maximum atomic E-state index is 12.9. The molecule has 1 aromatic rings. The lowest BCUT2D eigenvalue weighted by molar-refractivity contribution is -0.128. The molecule has 0 aliphatic carbocycles. The van der Waals surface area contributed by atoms with Crippen molar-refractivity contribution in [3.8, 4) is 0 Å². The van der Waals surface area contributed by atoms with Crippen LogP contribution in [0.4, 0.5) is 5.69 Å². The number of anilines is 1. The summed E-state index contributed by atoms with van der Waals surface area (Å²) in [7, 11) is 0. The van der Waals surface area contributed by atoms with E-state index in [1.807, 2.05) is 32.0 Å². The Kier molecular flexibility index (Phi) is 7.56. The van der Waals surface area contributed by atoms with Crippen molar-refractivity contribution >= 4 is 11.6 Å². The van der Waals surface area contributed by atoms with Crippen molar-refractivity contribution in [1.82, 2.24) is 9.80 Å². The highest BCUT2D eigenvalue weighted by Gasteiger charge is 2.29. The fourth-order valence-corrected chi connectivity index (χ4v) is 2.90. The molecule has 0 radical (unpaired) electrons. The maximum absolute atomic E-state index is 12.9. The smallest absolute Gasteiger partial charge is 0.256 e. The Morgan fingerprint density at radius 2 is 1.36 bits per heavy atom. The van der Waals surface area contributed by atoms with Crippen LogP contribution in [0, 0.1) is 13.8 Å². The molecule has 4 heteroatoms. The van der Waals surface area contributed by atoms with Crippen LogP contribution >= 0.6 is 0 Å². The summed E-state index contributed by atoms with van der Waals surface area (Å²) in [6.07, 6.45) is -0.219. The third-order valence-corrected chi connectivity index (χ3v) is 4.28. The van der Waals surface area contributed by atoms with Crippen molar-refractivity contribution in [2.75, 3.05) is 31.5 Å². The van der Waals surface area contributed by atoms with Crippen LogP contribution in [0.3, 0.4) is 0 Å². The van der Waals surface area contributed by atoms with E-state index in [9.17, 15) is 4.79 Å². The number of hydrogen-bond donors (Lipinski definition) is 1. The molecule has 0 spiro atoms. The summed E-state index contributed by atoms with van der Waals surface area (Å²) in [5.74, 6) is 0.0600. The number of benzene rings is 1. The third kappa shape index (κ3) is 4.31. The molecule has 1 rings (SSSR count). The van der Waals surface area contributed by atoms with Gasteiger partial charge in [-0.05, 0) is 51.2 Å². The molecule has 124 valence electrons. The van der Waals surface area contributed by atoms with Crippen LogP contribution < -0.4 is 5.32 Å². The number of aryl methyl sites for hydroxylation is 2. The zero-order chi connectivity index (χ0) is 16.7. The van der Waals surface area contributed by atoms with E-state index in [1.54, 1.807) is 0 Å². The summed E-state index contributed by atoms with van der Waals surface area (Å²) in [5.41, 5.74) is 3.15. The van der Waals surface area contributed by atoms with E-state index in [-0.39, 0.29) is 12.1 Å². The highest BCUT2D eigenvalue weighted by molar-refractivity contribution is 5.95. The van der Waals surface area contributed by atoms with Crippen molar-refractivity contribution in [2.45, 2.75) is 47.7 Å². The standard InChI is InChI=1S/C18H31N3O/c1-7-20(8-2)18(21(9-3)10-4)17(22)19-16-14(5)12-11-13-15(16)6/h11-13,18H,7-10H2,1-6H3,(H,19,22). The summed E-state index contributed by atoms with van der Waals surface area (Å²) in [6, 6.07) is 6.09. The molecule has 1 N–H and O–H groups in total. The summed E-state index contributed by atoms with van der Waals surface area (Å²) >= 11 is 0. The molecule has 0 unspecified atom stereocenters. The van der Waals surface area contributed by atoms with Gasteiger partial charge in [0.15, 0.2) is 0 Å². The number of carbonyl (C=O) groups is 1. The predicted molar refractivity (Wildman–Crippen MR) is 94.2 cm³/mol. The summed E-state index contributed by atoms with van der Waals surface area (Å²) in [6.45, 7) is 15.9. The second-order valence-electron chi connectivity index (χ2n) is 5.57. The van der Waals surface area contributed by atoms with Crippen molar-refractivity contribution in [2.24, 2.45) is 0 Å². The number of hydrogen-bond acceptors (Lipinski definition) is 3. The molecule has 0 saturated carbocycles. The first-order chi connectivity index (χ1) is 10.5. The van der Waals surface area contributed by atoms with Crippen LogP contribution in [-0.4, -0.2) is 48.1 Å². The van der Waals surface area contributed by atoms with Crippen molar-refractivity contribution < 1.29 is 4.79 Å². The van der Waals surface area contributed by atoms with Gasteiger partial charge in [0.2, 0.25) is 0 Å². The lowest BCUT2D eigenvalue weighted by atomic mass is 10.1. The first-order valence-electron chi connectivity index (χ1n) is 8.35. The third-order valence-electron chi connectivity index (χ3n) is 4.28. The van der Waals surface area contributed by atoms with Gasteiger partial charge in [-0.3, -0.25) is 14.6 Å². The van der Waals surface area contributed by atoms with E-state index in [1.165, 1.54) is 0 Å². The second-order valence-corrected chi connectivity index (χ2v) is 5.57. The first kappa shape index (κ1) is 18.7. The summed E-state index contributed by atoms with van der Waals surface area (Å²) in [4.78, 5) is 17.3. The molecule has 1 amide bonds. The Hall–Kier alpha value is -1.39. The highest BCUT2D eigenvalue weighted by atomic mass is 16.2. The molecule has 0 bridgehead atoms. The van der Waals surface area contributed by atoms with E-state index >= 15 is 0 Å². The Morgan fingerprint density at radius 1 is 0.955 bits per heavy atom. The number of nitrogens with one attached hydrogen (secondary N) is 1. The minimum Gasteiger partial charge on any atom is -0.323 e. The molecule has 0 atom stereocenters. The second kappa shape index (κ2) is 8.91. The predicted octanol–water partition coefficient (Wildman–Crippen LogP) is 3.25. The number of nitrogens with zero attached hydrogens (tertiary/aromatic N) is 2. The van der Waals surface area contributed by atoms with E-state index in [2.05, 4.69) is 42.8 Å². The van der Waals surface area contributed by atoms with E-state index < -0.39 is 0 Å². The van der Waals surface area contributed by atoms with Crippen LogP contribution in [0.1, 0.15) is 38.8 Å². The van der Waals surface area contributed by atoms with Crippen molar-refractivity contribution in [3.63, 3.8) is 0 Å². The van der Waals surface area contributed by atoms with Crippen LogP contribution in [0.15, 0.2) is 18.2 Å². The fourth-order valence-electron chi connectivity index (χ4n) is 2.90. The Morgan fingerprint density at radius 3 is 1.73 bits per heavy atom. The topological polar surface area (TPSA) is 35.6 Å². The molecule has 0 saturated heterocycles. The zero-order valence-electron chi connectivity index (χ0n) is 14.9. The van der Waals surface area contributed by atoms with E-state index in [0.717, 1.165) is 43.0 Å². The van der Waals surface area contributed by atoms with Gasteiger partial charge in [0, 0.05) is 5.69 Å². The van der Waals surface area contributed by atoms with Gasteiger partial charge in [-0.2, -0.15) is 0 Å². The summed E-state index contributed by atoms with van der Waals surface area (Å²) in [5, 5.41) is 3.15. The number of para-hydroxylation sites is 1. The number of carbonyl (C=O) groups excluding carboxylic acids is 1. The molecule has 0 heterocycles. The van der Waals surface area contributed by atoms with Crippen LogP contribution in [0.5, 0.6) is 0 Å². The lowest BCUT2D eigenvalue weighted by Crippen LogP contribution is -2.55. The zero-order valence-corrected chi connectivity index (χ0v) is 14.9. The number of rotatable bonds is 8. The minimum atomic E-state index is -0.219. The molecule has 0 aliphatic heterocycles. The fraction of sp³-hybridized carbons (Fsp3) is 0.611. The van der Waals surface area contributed by atoms with Gasteiger partial charge in [0.25, 0.3) is 5.91 Å². The quantitative estimate of drug-likeness (QED) is 0.749. The van der Waals surface area contributed by atoms with Gasteiger partial charge in [0.05, 0.1) is 0 Å². The van der Waals surface area contributed by atoms with Gasteiger partial charge in [-0.25, -0.2) is 0 Å². The molecule has 0 fully saturated rings. The van der Waals surface area contributed by atoms with E-state index in [0.29, 0.717) is 0 Å². The maximum Gasteiger partial charge on any atom is 0.256 e. The molecular formula is C18H31N3O. The lowest BCUT2D eigenvalue weighted by Gasteiger charge is -2.36. The van der Waals surface area contributed by atoms with Gasteiger partial charge in [0.1, 0.15) is 6.17 Å². The first-order valence-corrected chi connectivity index (χ1v) is 8.35. The van der Waals surface area contributed by atoms with Gasteiger partial charge >= 0.3 is 0 Å². The normalized spacial score (nSPS) is 11.5. The van der Waals surface area contributed by atoms with Crippen molar-refractivity contribution in [3.05, 3.63) is 29.3 Å². The van der Waals surface area contributed by atoms with Crippen LogP contribution in [0.2, 0.25) is 0 Å². The number of amides is 1. The van der Waals surface area contributed by atoms with Crippen molar-refractivity contribution in [1.29, 1.82) is 0 Å². The minimum absolute atomic E-state index is 0.0600. The average Bonchev–Trinajstić information content (AvgIpc) is 2.51. The average molecular weight is 305 g/mol. The molecule has 1 aromatic carbocycles. The SMILES string of the molecule is CCN(CC)C(C(=O)Nc1c(C)cccc1C)N(CC)CC. The van der Waals surface area contributed by atoms with Crippen LogP contribution in [0.25, 0.3) is 0 Å². The molecule has 0 aromatic heterocycles. The number of likely N-dealkylation sites (N-methyl/N-ethyl adjacent to an activating group) is 2. The van der Waals surface area contributed by atoms with E-state index in [4.69, 9.17) is 0 Å². The van der Waals surface area contributed by atoms with Gasteiger partial charge < -0.3 is 5.32 Å². The molecular weight excluding hydrogens is 274 g/mol. The Labute approximate surface area is 135 Å². The molecule has 4 nitrogen and oxygen atoms in total. The largest absolute Gasteiger partial charge is 0.323 e. The molecule has 22 heavy (non-hydrogen) atoms. The highest BCUT2D eigenvalue weighted by Crippen LogP contribution is 2.20. The van der Waals surface area contributed by atoms with Gasteiger partial charge in [-0.15, -0.1) is 0 Å².